The molecule has 0 aromatic heterocycles. The molecular weight excluding hydrogens is 186 g/mol. The molecule has 0 heterocycles. The lowest BCUT2D eigenvalue weighted by Gasteiger charge is -2.37. The van der Waals surface area contributed by atoms with E-state index in [-0.39, 0.29) is 5.60 Å². The Bertz CT molecular complexity index is 201. The van der Waals surface area contributed by atoms with Gasteiger partial charge in [0.05, 0.1) is 5.60 Å². The van der Waals surface area contributed by atoms with E-state index in [0.29, 0.717) is 0 Å². The van der Waals surface area contributed by atoms with Gasteiger partial charge in [0, 0.05) is 6.54 Å². The summed E-state index contributed by atoms with van der Waals surface area (Å²) in [6.07, 6.45) is 8.79. The van der Waals surface area contributed by atoms with Crippen molar-refractivity contribution in [1.29, 1.82) is 0 Å². The van der Waals surface area contributed by atoms with Gasteiger partial charge in [-0.1, -0.05) is 19.8 Å². The van der Waals surface area contributed by atoms with Crippen LogP contribution in [0.25, 0.3) is 0 Å². The molecule has 2 saturated carbocycles. The number of aliphatic hydroxyl groups is 1. The molecule has 88 valence electrons. The second-order valence-electron chi connectivity index (χ2n) is 5.85. The van der Waals surface area contributed by atoms with Crippen molar-refractivity contribution >= 4 is 0 Å². The van der Waals surface area contributed by atoms with Crippen molar-refractivity contribution in [2.24, 2.45) is 11.8 Å². The standard InChI is InChI=1S/C13H25NO/c1-11-4-2-5-12(8-11)9-14-10-13(15)6-3-7-13/h11-12,14-15H,2-10H2,1H3. The van der Waals surface area contributed by atoms with E-state index in [4.69, 9.17) is 0 Å². The van der Waals surface area contributed by atoms with Crippen LogP contribution in [-0.4, -0.2) is 23.8 Å². The summed E-state index contributed by atoms with van der Waals surface area (Å²) >= 11 is 0. The highest BCUT2D eigenvalue weighted by molar-refractivity contribution is 4.89. The van der Waals surface area contributed by atoms with Crippen molar-refractivity contribution < 1.29 is 5.11 Å². The summed E-state index contributed by atoms with van der Waals surface area (Å²) in [6, 6.07) is 0. The SMILES string of the molecule is CC1CCCC(CNCC2(O)CCC2)C1. The molecule has 2 rings (SSSR count). The summed E-state index contributed by atoms with van der Waals surface area (Å²) in [5.74, 6) is 1.77. The van der Waals surface area contributed by atoms with Gasteiger partial charge < -0.3 is 10.4 Å². The predicted molar refractivity (Wildman–Crippen MR) is 62.8 cm³/mol. The molecule has 2 nitrogen and oxygen atoms in total. The molecule has 0 aromatic carbocycles. The Morgan fingerprint density at radius 3 is 2.67 bits per heavy atom. The van der Waals surface area contributed by atoms with Crippen LogP contribution in [0.3, 0.4) is 0 Å². The van der Waals surface area contributed by atoms with Gasteiger partial charge in [0.25, 0.3) is 0 Å². The molecule has 2 heteroatoms. The Balaban J connectivity index is 1.60. The lowest BCUT2D eigenvalue weighted by molar-refractivity contribution is -0.0320. The summed E-state index contributed by atoms with van der Waals surface area (Å²) in [5, 5.41) is 13.4. The minimum atomic E-state index is -0.347. The first-order valence-corrected chi connectivity index (χ1v) is 6.61. The number of hydrogen-bond donors (Lipinski definition) is 2. The van der Waals surface area contributed by atoms with Gasteiger partial charge in [-0.3, -0.25) is 0 Å². The van der Waals surface area contributed by atoms with E-state index in [1.807, 2.05) is 0 Å². The molecule has 2 atom stereocenters. The highest BCUT2D eigenvalue weighted by atomic mass is 16.3. The predicted octanol–water partition coefficient (Wildman–Crippen LogP) is 2.32. The van der Waals surface area contributed by atoms with E-state index in [9.17, 15) is 5.11 Å². The van der Waals surface area contributed by atoms with Gasteiger partial charge in [0.15, 0.2) is 0 Å². The van der Waals surface area contributed by atoms with Crippen LogP contribution < -0.4 is 5.32 Å². The fourth-order valence-corrected chi connectivity index (χ4v) is 3.02. The maximum atomic E-state index is 9.93. The third-order valence-corrected chi connectivity index (χ3v) is 4.22. The highest BCUT2D eigenvalue weighted by Gasteiger charge is 2.33. The van der Waals surface area contributed by atoms with Gasteiger partial charge in [-0.25, -0.2) is 0 Å². The van der Waals surface area contributed by atoms with Crippen molar-refractivity contribution in [3.63, 3.8) is 0 Å². The summed E-state index contributed by atoms with van der Waals surface area (Å²) in [4.78, 5) is 0. The molecular formula is C13H25NO. The first-order valence-electron chi connectivity index (χ1n) is 6.61. The van der Waals surface area contributed by atoms with Crippen LogP contribution in [0.5, 0.6) is 0 Å². The van der Waals surface area contributed by atoms with Crippen LogP contribution in [-0.2, 0) is 0 Å². The van der Waals surface area contributed by atoms with Gasteiger partial charge in [-0.05, 0) is 50.5 Å². The monoisotopic (exact) mass is 211 g/mol. The second kappa shape index (κ2) is 4.84. The maximum Gasteiger partial charge on any atom is 0.0771 e. The summed E-state index contributed by atoms with van der Waals surface area (Å²) in [7, 11) is 0. The highest BCUT2D eigenvalue weighted by Crippen LogP contribution is 2.31. The average molecular weight is 211 g/mol. The first-order chi connectivity index (χ1) is 7.18. The quantitative estimate of drug-likeness (QED) is 0.748. The van der Waals surface area contributed by atoms with Crippen molar-refractivity contribution in [1.82, 2.24) is 5.32 Å². The number of hydrogen-bond acceptors (Lipinski definition) is 2. The molecule has 0 amide bonds. The Morgan fingerprint density at radius 1 is 1.27 bits per heavy atom. The third kappa shape index (κ3) is 3.18. The molecule has 0 spiro atoms. The van der Waals surface area contributed by atoms with E-state index >= 15 is 0 Å². The van der Waals surface area contributed by atoms with Crippen molar-refractivity contribution in [2.45, 2.75) is 57.5 Å². The Hall–Kier alpha value is -0.0800. The minimum absolute atomic E-state index is 0.347. The molecule has 0 bridgehead atoms. The molecule has 0 saturated heterocycles. The van der Waals surface area contributed by atoms with Crippen molar-refractivity contribution in [3.8, 4) is 0 Å². The van der Waals surface area contributed by atoms with Crippen LogP contribution in [0, 0.1) is 11.8 Å². The Labute approximate surface area is 93.5 Å². The van der Waals surface area contributed by atoms with E-state index < -0.39 is 0 Å². The van der Waals surface area contributed by atoms with Gasteiger partial charge in [-0.2, -0.15) is 0 Å². The maximum absolute atomic E-state index is 9.93. The van der Waals surface area contributed by atoms with Gasteiger partial charge in [0.1, 0.15) is 0 Å². The second-order valence-corrected chi connectivity index (χ2v) is 5.85. The van der Waals surface area contributed by atoms with Crippen LogP contribution in [0.15, 0.2) is 0 Å². The smallest absolute Gasteiger partial charge is 0.0771 e. The average Bonchev–Trinajstić information content (AvgIpc) is 2.15. The molecule has 15 heavy (non-hydrogen) atoms. The van der Waals surface area contributed by atoms with E-state index in [0.717, 1.165) is 37.8 Å². The van der Waals surface area contributed by atoms with Gasteiger partial charge >= 0.3 is 0 Å². The van der Waals surface area contributed by atoms with E-state index in [1.54, 1.807) is 0 Å². The molecule has 2 aliphatic carbocycles. The lowest BCUT2D eigenvalue weighted by atomic mass is 9.79. The fourth-order valence-electron chi connectivity index (χ4n) is 3.02. The molecule has 2 N–H and O–H groups in total. The van der Waals surface area contributed by atoms with Crippen LogP contribution in [0.1, 0.15) is 51.9 Å². The number of nitrogens with one attached hydrogen (secondary N) is 1. The van der Waals surface area contributed by atoms with Gasteiger partial charge in [-0.15, -0.1) is 0 Å². The van der Waals surface area contributed by atoms with Crippen LogP contribution in [0.4, 0.5) is 0 Å². The van der Waals surface area contributed by atoms with Crippen LogP contribution in [0.2, 0.25) is 0 Å². The topological polar surface area (TPSA) is 32.3 Å². The Morgan fingerprint density at radius 2 is 2.07 bits per heavy atom. The zero-order valence-electron chi connectivity index (χ0n) is 9.97. The van der Waals surface area contributed by atoms with Crippen molar-refractivity contribution in [3.05, 3.63) is 0 Å². The van der Waals surface area contributed by atoms with Crippen molar-refractivity contribution in [2.75, 3.05) is 13.1 Å². The van der Waals surface area contributed by atoms with Gasteiger partial charge in [0.2, 0.25) is 0 Å². The summed E-state index contributed by atoms with van der Waals surface area (Å²) < 4.78 is 0. The first kappa shape index (κ1) is 11.4. The molecule has 0 aromatic rings. The summed E-state index contributed by atoms with van der Waals surface area (Å²) in [5.41, 5.74) is -0.347. The Kier molecular flexibility index (Phi) is 3.68. The van der Waals surface area contributed by atoms with E-state index in [2.05, 4.69) is 12.2 Å². The molecule has 0 aliphatic heterocycles. The van der Waals surface area contributed by atoms with Crippen LogP contribution >= 0.6 is 0 Å². The normalized spacial score (nSPS) is 34.8. The van der Waals surface area contributed by atoms with E-state index in [1.165, 1.54) is 32.1 Å². The zero-order valence-corrected chi connectivity index (χ0v) is 9.97. The largest absolute Gasteiger partial charge is 0.389 e. The molecule has 2 aliphatic rings. The zero-order chi connectivity index (χ0) is 10.7. The molecule has 2 fully saturated rings. The fraction of sp³-hybridized carbons (Fsp3) is 1.00. The number of rotatable bonds is 4. The third-order valence-electron chi connectivity index (χ3n) is 4.22. The molecule has 0 radical (unpaired) electrons. The molecule has 2 unspecified atom stereocenters. The lowest BCUT2D eigenvalue weighted by Crippen LogP contribution is -2.47. The summed E-state index contributed by atoms with van der Waals surface area (Å²) in [6.45, 7) is 4.30. The minimum Gasteiger partial charge on any atom is -0.389 e.